The van der Waals surface area contributed by atoms with Gasteiger partial charge in [0.15, 0.2) is 0 Å². The number of carboxylic acids is 1. The highest BCUT2D eigenvalue weighted by Gasteiger charge is 2.44. The first-order valence-electron chi connectivity index (χ1n) is 7.28. The van der Waals surface area contributed by atoms with E-state index in [0.717, 1.165) is 12.8 Å². The molecule has 0 radical (unpaired) electrons. The molecule has 0 bridgehead atoms. The second kappa shape index (κ2) is 6.10. The van der Waals surface area contributed by atoms with E-state index in [1.54, 1.807) is 23.8 Å². The summed E-state index contributed by atoms with van der Waals surface area (Å²) >= 11 is 5.94. The first kappa shape index (κ1) is 15.9. The molecule has 1 aliphatic carbocycles. The quantitative estimate of drug-likeness (QED) is 0.898. The number of nitrogens with zero attached hydrogens (tertiary/aromatic N) is 1. The zero-order chi connectivity index (χ0) is 15.6. The van der Waals surface area contributed by atoms with Gasteiger partial charge < -0.3 is 15.0 Å². The van der Waals surface area contributed by atoms with Gasteiger partial charge in [0, 0.05) is 18.8 Å². The number of carboxylic acid groups (broad SMARTS) is 1. The van der Waals surface area contributed by atoms with Gasteiger partial charge in [0.2, 0.25) is 0 Å². The van der Waals surface area contributed by atoms with Crippen LogP contribution in [0.3, 0.4) is 0 Å². The molecule has 1 saturated carbocycles. The Morgan fingerprint density at radius 1 is 1.52 bits per heavy atom. The molecule has 5 nitrogen and oxygen atoms in total. The van der Waals surface area contributed by atoms with Crippen molar-refractivity contribution < 1.29 is 14.7 Å². The number of amides is 1. The third-order valence-corrected chi connectivity index (χ3v) is 4.65. The Morgan fingerprint density at radius 3 is 2.86 bits per heavy atom. The molecule has 0 saturated heterocycles. The largest absolute Gasteiger partial charge is 0.481 e. The Hall–Kier alpha value is -1.49. The summed E-state index contributed by atoms with van der Waals surface area (Å²) in [7, 11) is 0. The highest BCUT2D eigenvalue weighted by Crippen LogP contribution is 2.36. The van der Waals surface area contributed by atoms with Gasteiger partial charge in [-0.25, -0.2) is 0 Å². The lowest BCUT2D eigenvalue weighted by Crippen LogP contribution is -2.52. The van der Waals surface area contributed by atoms with Crippen LogP contribution in [-0.4, -0.2) is 27.6 Å². The number of aromatic nitrogens is 1. The third-order valence-electron chi connectivity index (χ3n) is 4.44. The first-order chi connectivity index (χ1) is 9.88. The second-order valence-electron chi connectivity index (χ2n) is 5.82. The van der Waals surface area contributed by atoms with Gasteiger partial charge in [0.05, 0.1) is 10.4 Å². The van der Waals surface area contributed by atoms with Crippen LogP contribution in [0.25, 0.3) is 0 Å². The van der Waals surface area contributed by atoms with E-state index in [2.05, 4.69) is 5.32 Å². The molecule has 1 aromatic rings. The van der Waals surface area contributed by atoms with Crippen molar-refractivity contribution in [1.29, 1.82) is 0 Å². The van der Waals surface area contributed by atoms with Crippen LogP contribution < -0.4 is 5.32 Å². The molecular weight excluding hydrogens is 292 g/mol. The number of halogens is 1. The Morgan fingerprint density at radius 2 is 2.24 bits per heavy atom. The van der Waals surface area contributed by atoms with Crippen molar-refractivity contribution in [3.63, 3.8) is 0 Å². The molecule has 116 valence electrons. The molecule has 21 heavy (non-hydrogen) atoms. The maximum atomic E-state index is 12.4. The fraction of sp³-hybridized carbons (Fsp3) is 0.600. The van der Waals surface area contributed by atoms with Gasteiger partial charge in [0.1, 0.15) is 5.69 Å². The molecule has 0 aliphatic heterocycles. The lowest BCUT2D eigenvalue weighted by Gasteiger charge is -2.38. The Kier molecular flexibility index (Phi) is 4.61. The molecule has 1 heterocycles. The van der Waals surface area contributed by atoms with Gasteiger partial charge in [-0.15, -0.1) is 0 Å². The number of carbonyl (C=O) groups excluding carboxylic acids is 1. The molecule has 1 aliphatic rings. The van der Waals surface area contributed by atoms with E-state index in [9.17, 15) is 14.7 Å². The highest BCUT2D eigenvalue weighted by atomic mass is 35.5. The molecule has 0 aromatic carbocycles. The van der Waals surface area contributed by atoms with Gasteiger partial charge in [0.25, 0.3) is 5.91 Å². The van der Waals surface area contributed by atoms with E-state index < -0.39 is 11.4 Å². The normalized spacial score (nSPS) is 25.6. The van der Waals surface area contributed by atoms with Crippen LogP contribution in [0.15, 0.2) is 12.3 Å². The second-order valence-corrected chi connectivity index (χ2v) is 6.26. The summed E-state index contributed by atoms with van der Waals surface area (Å²) < 4.78 is 1.76. The molecule has 0 spiro atoms. The molecule has 2 N–H and O–H groups in total. The summed E-state index contributed by atoms with van der Waals surface area (Å²) in [6.07, 6.45) is 4.79. The lowest BCUT2D eigenvalue weighted by molar-refractivity contribution is -0.151. The van der Waals surface area contributed by atoms with Crippen molar-refractivity contribution in [2.45, 2.75) is 52.1 Å². The number of hydrogen-bond donors (Lipinski definition) is 2. The smallest absolute Gasteiger partial charge is 0.311 e. The van der Waals surface area contributed by atoms with Crippen molar-refractivity contribution in [3.8, 4) is 0 Å². The van der Waals surface area contributed by atoms with E-state index in [1.807, 2.05) is 6.92 Å². The number of aliphatic carboxylic acids is 1. The third kappa shape index (κ3) is 3.07. The summed E-state index contributed by atoms with van der Waals surface area (Å²) in [5.41, 5.74) is -0.428. The van der Waals surface area contributed by atoms with Gasteiger partial charge in [-0.3, -0.25) is 9.59 Å². The fourth-order valence-electron chi connectivity index (χ4n) is 2.98. The van der Waals surface area contributed by atoms with Crippen LogP contribution >= 0.6 is 11.6 Å². The summed E-state index contributed by atoms with van der Waals surface area (Å²) in [6, 6.07) is 1.26. The maximum Gasteiger partial charge on any atom is 0.311 e. The SMILES string of the molecule is CCn1cc(Cl)cc1C(=O)NC1CCCCC1(C)C(=O)O. The van der Waals surface area contributed by atoms with Crippen LogP contribution in [0, 0.1) is 5.41 Å². The van der Waals surface area contributed by atoms with Crippen molar-refractivity contribution in [1.82, 2.24) is 9.88 Å². The van der Waals surface area contributed by atoms with E-state index in [-0.39, 0.29) is 11.9 Å². The molecule has 1 aromatic heterocycles. The predicted octanol–water partition coefficient (Wildman–Crippen LogP) is 2.92. The minimum atomic E-state index is -0.901. The summed E-state index contributed by atoms with van der Waals surface area (Å²) in [4.78, 5) is 24.0. The number of nitrogens with one attached hydrogen (secondary N) is 1. The average molecular weight is 313 g/mol. The number of carbonyl (C=O) groups is 2. The zero-order valence-electron chi connectivity index (χ0n) is 12.4. The Bertz CT molecular complexity index is 555. The van der Waals surface area contributed by atoms with Crippen LogP contribution in [0.4, 0.5) is 0 Å². The fourth-order valence-corrected chi connectivity index (χ4v) is 3.20. The summed E-state index contributed by atoms with van der Waals surface area (Å²) in [5, 5.41) is 12.9. The van der Waals surface area contributed by atoms with Gasteiger partial charge >= 0.3 is 5.97 Å². The average Bonchev–Trinajstić information content (AvgIpc) is 2.82. The van der Waals surface area contributed by atoms with Crippen molar-refractivity contribution >= 4 is 23.5 Å². The Labute approximate surface area is 129 Å². The molecule has 2 rings (SSSR count). The molecule has 6 heteroatoms. The highest BCUT2D eigenvalue weighted by molar-refractivity contribution is 6.31. The van der Waals surface area contributed by atoms with Crippen molar-refractivity contribution in [2.75, 3.05) is 0 Å². The number of aryl methyl sites for hydroxylation is 1. The van der Waals surface area contributed by atoms with Crippen LogP contribution in [-0.2, 0) is 11.3 Å². The molecular formula is C15H21ClN2O3. The van der Waals surface area contributed by atoms with Crippen molar-refractivity contribution in [3.05, 3.63) is 23.0 Å². The minimum absolute atomic E-state index is 0.261. The van der Waals surface area contributed by atoms with E-state index >= 15 is 0 Å². The summed E-state index contributed by atoms with van der Waals surface area (Å²) in [5.74, 6) is -1.11. The maximum absolute atomic E-state index is 12.4. The summed E-state index contributed by atoms with van der Waals surface area (Å²) in [6.45, 7) is 4.27. The van der Waals surface area contributed by atoms with Crippen molar-refractivity contribution in [2.24, 2.45) is 5.41 Å². The van der Waals surface area contributed by atoms with Gasteiger partial charge in [-0.2, -0.15) is 0 Å². The number of rotatable bonds is 4. The monoisotopic (exact) mass is 312 g/mol. The minimum Gasteiger partial charge on any atom is -0.481 e. The first-order valence-corrected chi connectivity index (χ1v) is 7.66. The zero-order valence-corrected chi connectivity index (χ0v) is 13.1. The van der Waals surface area contributed by atoms with E-state index in [0.29, 0.717) is 30.1 Å². The topological polar surface area (TPSA) is 71.3 Å². The van der Waals surface area contributed by atoms with Gasteiger partial charge in [-0.1, -0.05) is 24.4 Å². The molecule has 2 unspecified atom stereocenters. The molecule has 2 atom stereocenters. The molecule has 1 fully saturated rings. The van der Waals surface area contributed by atoms with Crippen LogP contribution in [0.1, 0.15) is 50.0 Å². The predicted molar refractivity (Wildman–Crippen MR) is 80.6 cm³/mol. The number of hydrogen-bond acceptors (Lipinski definition) is 2. The lowest BCUT2D eigenvalue weighted by atomic mass is 9.71. The van der Waals surface area contributed by atoms with Crippen LogP contribution in [0.2, 0.25) is 5.02 Å². The van der Waals surface area contributed by atoms with Crippen LogP contribution in [0.5, 0.6) is 0 Å². The van der Waals surface area contributed by atoms with E-state index in [4.69, 9.17) is 11.6 Å². The van der Waals surface area contributed by atoms with Gasteiger partial charge in [-0.05, 0) is 32.8 Å². The molecule has 1 amide bonds. The van der Waals surface area contributed by atoms with E-state index in [1.165, 1.54) is 0 Å². The Balaban J connectivity index is 2.19. The standard InChI is InChI=1S/C15H21ClN2O3/c1-3-18-9-10(16)8-11(18)13(19)17-12-6-4-5-7-15(12,2)14(20)21/h8-9,12H,3-7H2,1-2H3,(H,17,19)(H,20,21).